The molecule has 0 aliphatic heterocycles. The largest absolute Gasteiger partial charge is 0.482 e. The van der Waals surface area contributed by atoms with Gasteiger partial charge in [-0.3, -0.25) is 9.59 Å². The second kappa shape index (κ2) is 7.53. The van der Waals surface area contributed by atoms with Gasteiger partial charge in [-0.2, -0.15) is 0 Å². The first-order valence-corrected chi connectivity index (χ1v) is 8.30. The topological polar surface area (TPSA) is 68.5 Å². The van der Waals surface area contributed by atoms with E-state index in [1.807, 2.05) is 12.1 Å². The maximum absolute atomic E-state index is 12.1. The number of hydrogen-bond donors (Lipinski definition) is 1. The van der Waals surface area contributed by atoms with Crippen molar-refractivity contribution in [2.24, 2.45) is 0 Å². The third-order valence-electron chi connectivity index (χ3n) is 4.02. The molecule has 1 aliphatic rings. The van der Waals surface area contributed by atoms with Crippen molar-refractivity contribution < 1.29 is 13.9 Å². The molecule has 24 heavy (non-hydrogen) atoms. The van der Waals surface area contributed by atoms with E-state index < -0.39 is 0 Å². The fourth-order valence-corrected chi connectivity index (χ4v) is 2.82. The van der Waals surface area contributed by atoms with Crippen LogP contribution in [0.4, 0.5) is 0 Å². The van der Waals surface area contributed by atoms with E-state index in [1.165, 1.54) is 12.3 Å². The molecule has 0 radical (unpaired) electrons. The Balaban J connectivity index is 1.62. The molecule has 0 atom stereocenters. The summed E-state index contributed by atoms with van der Waals surface area (Å²) in [6.07, 6.45) is 5.36. The smallest absolute Gasteiger partial charge is 0.287 e. The number of nitrogens with one attached hydrogen (secondary N) is 1. The first kappa shape index (κ1) is 16.6. The van der Waals surface area contributed by atoms with E-state index >= 15 is 0 Å². The lowest BCUT2D eigenvalue weighted by atomic mass is 10.2. The zero-order valence-electron chi connectivity index (χ0n) is 13.1. The van der Waals surface area contributed by atoms with Crippen molar-refractivity contribution in [1.82, 2.24) is 5.32 Å². The molecule has 6 heteroatoms. The summed E-state index contributed by atoms with van der Waals surface area (Å²) in [5.41, 5.74) is 0.494. The van der Waals surface area contributed by atoms with Crippen LogP contribution in [0.3, 0.4) is 0 Å². The van der Waals surface area contributed by atoms with E-state index in [9.17, 15) is 9.59 Å². The van der Waals surface area contributed by atoms with Crippen molar-refractivity contribution in [2.75, 3.05) is 0 Å². The molecule has 1 aliphatic carbocycles. The van der Waals surface area contributed by atoms with Crippen molar-refractivity contribution in [1.29, 1.82) is 0 Å². The van der Waals surface area contributed by atoms with Gasteiger partial charge in [-0.1, -0.05) is 36.6 Å². The fourth-order valence-electron chi connectivity index (χ4n) is 2.69. The van der Waals surface area contributed by atoms with Crippen LogP contribution >= 0.6 is 11.6 Å². The lowest BCUT2D eigenvalue weighted by molar-refractivity contribution is 0.0906. The predicted molar refractivity (Wildman–Crippen MR) is 90.5 cm³/mol. The number of ether oxygens (including phenoxy) is 1. The summed E-state index contributed by atoms with van der Waals surface area (Å²) in [6.45, 7) is 0.218. The van der Waals surface area contributed by atoms with Crippen molar-refractivity contribution >= 4 is 17.5 Å². The molecular weight excluding hydrogens is 330 g/mol. The quantitative estimate of drug-likeness (QED) is 0.898. The van der Waals surface area contributed by atoms with Crippen molar-refractivity contribution in [3.63, 3.8) is 0 Å². The van der Waals surface area contributed by atoms with E-state index in [1.54, 1.807) is 12.1 Å². The summed E-state index contributed by atoms with van der Waals surface area (Å²) in [7, 11) is 0. The zero-order valence-corrected chi connectivity index (χ0v) is 13.8. The summed E-state index contributed by atoms with van der Waals surface area (Å²) in [4.78, 5) is 24.1. The minimum absolute atomic E-state index is 0.00532. The van der Waals surface area contributed by atoms with E-state index in [4.69, 9.17) is 20.8 Å². The van der Waals surface area contributed by atoms with Crippen molar-refractivity contribution in [3.8, 4) is 5.75 Å². The van der Waals surface area contributed by atoms with Crippen LogP contribution in [0, 0.1) is 0 Å². The third kappa shape index (κ3) is 4.17. The molecule has 126 valence electrons. The van der Waals surface area contributed by atoms with Gasteiger partial charge in [0.15, 0.2) is 5.76 Å². The Bertz CT molecular complexity index is 763. The maximum Gasteiger partial charge on any atom is 0.287 e. The maximum atomic E-state index is 12.1. The van der Waals surface area contributed by atoms with E-state index in [-0.39, 0.29) is 35.5 Å². The van der Waals surface area contributed by atoms with Crippen LogP contribution in [-0.4, -0.2) is 11.9 Å². The molecule has 0 bridgehead atoms. The minimum Gasteiger partial charge on any atom is -0.482 e. The average molecular weight is 348 g/mol. The van der Waals surface area contributed by atoms with Gasteiger partial charge in [-0.05, 0) is 30.5 Å². The Hall–Kier alpha value is -2.27. The van der Waals surface area contributed by atoms with Gasteiger partial charge in [-0.15, -0.1) is 0 Å². The van der Waals surface area contributed by atoms with Crippen LogP contribution in [-0.2, 0) is 6.61 Å². The summed E-state index contributed by atoms with van der Waals surface area (Å²) in [5, 5.41) is 3.52. The predicted octanol–water partition coefficient (Wildman–Crippen LogP) is 3.54. The van der Waals surface area contributed by atoms with Crippen molar-refractivity contribution in [3.05, 3.63) is 63.2 Å². The molecule has 1 saturated carbocycles. The van der Waals surface area contributed by atoms with Gasteiger partial charge in [-0.25, -0.2) is 0 Å². The molecule has 1 heterocycles. The molecular formula is C18H18ClNO4. The average Bonchev–Trinajstić information content (AvgIpc) is 3.08. The molecule has 1 aromatic carbocycles. The van der Waals surface area contributed by atoms with E-state index in [2.05, 4.69) is 5.32 Å². The molecule has 3 rings (SSSR count). The number of benzene rings is 1. The molecule has 0 saturated heterocycles. The van der Waals surface area contributed by atoms with Crippen LogP contribution in [0.25, 0.3) is 0 Å². The summed E-state index contributed by atoms with van der Waals surface area (Å²) in [5.74, 6) is -0.281. The number of rotatable bonds is 5. The standard InChI is InChI=1S/C18H18ClNO4/c19-13-7-5-12(6-8-13)10-23-17-11-24-16(9-15(17)21)18(22)20-14-3-1-2-4-14/h5-9,11,14H,1-4,10H2,(H,20,22). The second-order valence-corrected chi connectivity index (χ2v) is 6.28. The second-order valence-electron chi connectivity index (χ2n) is 5.84. The lowest BCUT2D eigenvalue weighted by Crippen LogP contribution is -2.33. The van der Waals surface area contributed by atoms with E-state index in [0.717, 1.165) is 31.2 Å². The normalized spacial score (nSPS) is 14.5. The van der Waals surface area contributed by atoms with Gasteiger partial charge in [0, 0.05) is 17.1 Å². The highest BCUT2D eigenvalue weighted by molar-refractivity contribution is 6.30. The van der Waals surface area contributed by atoms with Gasteiger partial charge in [0.1, 0.15) is 12.9 Å². The highest BCUT2D eigenvalue weighted by Crippen LogP contribution is 2.18. The van der Waals surface area contributed by atoms with Crippen LogP contribution in [0.2, 0.25) is 5.02 Å². The Morgan fingerprint density at radius 1 is 1.25 bits per heavy atom. The summed E-state index contributed by atoms with van der Waals surface area (Å²) < 4.78 is 10.7. The molecule has 5 nitrogen and oxygen atoms in total. The Kier molecular flexibility index (Phi) is 5.20. The highest BCUT2D eigenvalue weighted by Gasteiger charge is 2.20. The van der Waals surface area contributed by atoms with E-state index in [0.29, 0.717) is 5.02 Å². The van der Waals surface area contributed by atoms with Gasteiger partial charge >= 0.3 is 0 Å². The van der Waals surface area contributed by atoms with Gasteiger partial charge < -0.3 is 14.5 Å². The number of amides is 1. The summed E-state index contributed by atoms with van der Waals surface area (Å²) in [6, 6.07) is 8.46. The minimum atomic E-state index is -0.383. The SMILES string of the molecule is O=C(NC1CCCC1)c1cc(=O)c(OCc2ccc(Cl)cc2)co1. The van der Waals surface area contributed by atoms with Gasteiger partial charge in [0.2, 0.25) is 11.2 Å². The van der Waals surface area contributed by atoms with Crippen LogP contribution in [0.1, 0.15) is 41.8 Å². The Morgan fingerprint density at radius 2 is 1.96 bits per heavy atom. The molecule has 2 aromatic rings. The van der Waals surface area contributed by atoms with Gasteiger partial charge in [0.05, 0.1) is 0 Å². The first-order valence-electron chi connectivity index (χ1n) is 7.93. The molecule has 1 N–H and O–H groups in total. The third-order valence-corrected chi connectivity index (χ3v) is 4.27. The van der Waals surface area contributed by atoms with Gasteiger partial charge in [0.25, 0.3) is 5.91 Å². The molecule has 1 fully saturated rings. The lowest BCUT2D eigenvalue weighted by Gasteiger charge is -2.11. The van der Waals surface area contributed by atoms with Crippen LogP contribution in [0.15, 0.2) is 45.8 Å². The van der Waals surface area contributed by atoms with Crippen LogP contribution in [0.5, 0.6) is 5.75 Å². The number of carbonyl (C=O) groups excluding carboxylic acids is 1. The number of hydrogen-bond acceptors (Lipinski definition) is 4. The molecule has 1 aromatic heterocycles. The number of halogens is 1. The highest BCUT2D eigenvalue weighted by atomic mass is 35.5. The van der Waals surface area contributed by atoms with Crippen LogP contribution < -0.4 is 15.5 Å². The molecule has 0 spiro atoms. The Labute approximate surface area is 144 Å². The molecule has 1 amide bonds. The fraction of sp³-hybridized carbons (Fsp3) is 0.333. The monoisotopic (exact) mass is 347 g/mol. The summed E-state index contributed by atoms with van der Waals surface area (Å²) >= 11 is 5.82. The first-order chi connectivity index (χ1) is 11.6. The zero-order chi connectivity index (χ0) is 16.9. The number of carbonyl (C=O) groups is 1. The Morgan fingerprint density at radius 3 is 2.62 bits per heavy atom. The van der Waals surface area contributed by atoms with Crippen molar-refractivity contribution in [2.45, 2.75) is 38.3 Å². The molecule has 0 unspecified atom stereocenters.